The summed E-state index contributed by atoms with van der Waals surface area (Å²) in [6.45, 7) is 4.85. The minimum Gasteiger partial charge on any atom is -0.397 e. The molecule has 3 N–H and O–H groups in total. The van der Waals surface area contributed by atoms with Crippen LogP contribution in [0.3, 0.4) is 0 Å². The Morgan fingerprint density at radius 1 is 1.50 bits per heavy atom. The largest absolute Gasteiger partial charge is 0.397 e. The van der Waals surface area contributed by atoms with Gasteiger partial charge in [0.05, 0.1) is 5.69 Å². The molecule has 0 spiro atoms. The molecule has 1 aliphatic rings. The number of thioether (sulfide) groups is 1. The van der Waals surface area contributed by atoms with Crippen molar-refractivity contribution in [1.82, 2.24) is 9.88 Å². The highest BCUT2D eigenvalue weighted by Gasteiger charge is 2.33. The molecule has 1 amide bonds. The van der Waals surface area contributed by atoms with E-state index >= 15 is 0 Å². The molecule has 4 nitrogen and oxygen atoms in total. The maximum Gasteiger partial charge on any atom is 0.268 e. The van der Waals surface area contributed by atoms with Crippen molar-refractivity contribution in [2.45, 2.75) is 50.3 Å². The summed E-state index contributed by atoms with van der Waals surface area (Å²) in [5.41, 5.74) is 7.12. The van der Waals surface area contributed by atoms with Crippen LogP contribution in [-0.2, 0) is 0 Å². The minimum absolute atomic E-state index is 0.0178. The van der Waals surface area contributed by atoms with Gasteiger partial charge in [-0.25, -0.2) is 0 Å². The highest BCUT2D eigenvalue weighted by Crippen LogP contribution is 2.39. The predicted molar refractivity (Wildman–Crippen MR) is 86.3 cm³/mol. The molecule has 5 heteroatoms. The first-order valence-electron chi connectivity index (χ1n) is 7.28. The number of nitrogens with zero attached hydrogens (tertiary/aromatic N) is 1. The van der Waals surface area contributed by atoms with Crippen molar-refractivity contribution in [3.63, 3.8) is 0 Å². The summed E-state index contributed by atoms with van der Waals surface area (Å²) in [4.78, 5) is 12.4. The molecule has 0 atom stereocenters. The number of rotatable bonds is 5. The first kappa shape index (κ1) is 15.3. The maximum atomic E-state index is 12.4. The third-order valence-electron chi connectivity index (χ3n) is 4.18. The van der Waals surface area contributed by atoms with Crippen LogP contribution in [0.5, 0.6) is 0 Å². The molecule has 0 aromatic carbocycles. The van der Waals surface area contributed by atoms with Gasteiger partial charge in [0.2, 0.25) is 0 Å². The number of aromatic nitrogens is 1. The number of nitrogens with one attached hydrogen (secondary N) is 1. The van der Waals surface area contributed by atoms with E-state index in [1.165, 1.54) is 25.7 Å². The summed E-state index contributed by atoms with van der Waals surface area (Å²) in [6, 6.07) is 1.99. The maximum absolute atomic E-state index is 12.4. The summed E-state index contributed by atoms with van der Waals surface area (Å²) in [5, 5.41) is 3.11. The summed E-state index contributed by atoms with van der Waals surface area (Å²) >= 11 is 1.89. The summed E-state index contributed by atoms with van der Waals surface area (Å²) in [6.07, 6.45) is 8.91. The topological polar surface area (TPSA) is 60.1 Å². The van der Waals surface area contributed by atoms with Crippen LogP contribution in [0.2, 0.25) is 0 Å². The Hall–Kier alpha value is -1.10. The fourth-order valence-corrected chi connectivity index (χ4v) is 3.83. The third kappa shape index (κ3) is 3.14. The molecule has 0 saturated heterocycles. The van der Waals surface area contributed by atoms with Crippen LogP contribution >= 0.6 is 11.8 Å². The van der Waals surface area contributed by atoms with E-state index in [1.807, 2.05) is 22.5 Å². The van der Waals surface area contributed by atoms with E-state index in [0.29, 0.717) is 11.4 Å². The molecular weight excluding hydrogens is 270 g/mol. The monoisotopic (exact) mass is 295 g/mol. The molecular formula is C15H25N3OS. The Kier molecular flexibility index (Phi) is 4.68. The zero-order valence-electron chi connectivity index (χ0n) is 12.6. The Morgan fingerprint density at radius 3 is 2.70 bits per heavy atom. The normalized spacial score (nSPS) is 17.6. The van der Waals surface area contributed by atoms with Crippen molar-refractivity contribution < 1.29 is 4.79 Å². The Morgan fingerprint density at radius 2 is 2.15 bits per heavy atom. The van der Waals surface area contributed by atoms with Gasteiger partial charge < -0.3 is 15.6 Å². The fraction of sp³-hybridized carbons (Fsp3) is 0.667. The van der Waals surface area contributed by atoms with Crippen LogP contribution < -0.4 is 11.1 Å². The average Bonchev–Trinajstić information content (AvgIpc) is 3.03. The van der Waals surface area contributed by atoms with Crippen LogP contribution in [0.4, 0.5) is 5.69 Å². The zero-order chi connectivity index (χ0) is 14.8. The van der Waals surface area contributed by atoms with Crippen molar-refractivity contribution in [3.8, 4) is 0 Å². The van der Waals surface area contributed by atoms with E-state index in [9.17, 15) is 4.79 Å². The van der Waals surface area contributed by atoms with Gasteiger partial charge in [0, 0.05) is 23.5 Å². The number of nitrogen functional groups attached to an aromatic ring is 1. The molecule has 1 saturated carbocycles. The molecule has 1 aromatic heterocycles. The SMILES string of the molecule is CSC1(CNC(=O)c2cc(N)cn2C(C)C)CCCC1. The van der Waals surface area contributed by atoms with E-state index in [1.54, 1.807) is 6.07 Å². The summed E-state index contributed by atoms with van der Waals surface area (Å²) in [5.74, 6) is -0.0178. The average molecular weight is 295 g/mol. The lowest BCUT2D eigenvalue weighted by molar-refractivity contribution is 0.0939. The van der Waals surface area contributed by atoms with Crippen LogP contribution in [0.1, 0.15) is 56.1 Å². The van der Waals surface area contributed by atoms with E-state index in [-0.39, 0.29) is 16.7 Å². The van der Waals surface area contributed by atoms with E-state index in [4.69, 9.17) is 5.73 Å². The van der Waals surface area contributed by atoms with Crippen LogP contribution in [0, 0.1) is 0 Å². The molecule has 1 aliphatic carbocycles. The van der Waals surface area contributed by atoms with Gasteiger partial charge in [0.1, 0.15) is 5.69 Å². The Balaban J connectivity index is 2.05. The van der Waals surface area contributed by atoms with Crippen molar-refractivity contribution in [3.05, 3.63) is 18.0 Å². The van der Waals surface area contributed by atoms with Gasteiger partial charge >= 0.3 is 0 Å². The Bertz CT molecular complexity index is 475. The van der Waals surface area contributed by atoms with Crippen molar-refractivity contribution in [1.29, 1.82) is 0 Å². The second kappa shape index (κ2) is 6.12. The highest BCUT2D eigenvalue weighted by atomic mass is 32.2. The van der Waals surface area contributed by atoms with Gasteiger partial charge in [-0.05, 0) is 39.0 Å². The number of anilines is 1. The highest BCUT2D eigenvalue weighted by molar-refractivity contribution is 8.00. The van der Waals surface area contributed by atoms with Crippen LogP contribution in [-0.4, -0.2) is 28.0 Å². The van der Waals surface area contributed by atoms with E-state index in [0.717, 1.165) is 6.54 Å². The minimum atomic E-state index is -0.0178. The van der Waals surface area contributed by atoms with Crippen molar-refractivity contribution >= 4 is 23.4 Å². The number of hydrogen-bond donors (Lipinski definition) is 2. The molecule has 0 radical (unpaired) electrons. The van der Waals surface area contributed by atoms with Gasteiger partial charge in [-0.2, -0.15) is 11.8 Å². The first-order chi connectivity index (χ1) is 9.47. The summed E-state index contributed by atoms with van der Waals surface area (Å²) in [7, 11) is 0. The summed E-state index contributed by atoms with van der Waals surface area (Å²) < 4.78 is 2.17. The predicted octanol–water partition coefficient (Wildman–Crippen LogP) is 3.06. The zero-order valence-corrected chi connectivity index (χ0v) is 13.4. The molecule has 0 aliphatic heterocycles. The van der Waals surface area contributed by atoms with Crippen molar-refractivity contribution in [2.24, 2.45) is 0 Å². The number of carbonyl (C=O) groups is 1. The molecule has 0 unspecified atom stereocenters. The van der Waals surface area contributed by atoms with Crippen LogP contribution in [0.15, 0.2) is 12.3 Å². The van der Waals surface area contributed by atoms with Gasteiger partial charge in [-0.3, -0.25) is 4.79 Å². The molecule has 1 aromatic rings. The Labute approximate surface area is 125 Å². The second-order valence-corrected chi connectivity index (χ2v) is 7.21. The number of carbonyl (C=O) groups excluding carboxylic acids is 1. The van der Waals surface area contributed by atoms with Crippen molar-refractivity contribution in [2.75, 3.05) is 18.5 Å². The number of hydrogen-bond acceptors (Lipinski definition) is 3. The van der Waals surface area contributed by atoms with Gasteiger partial charge in [0.15, 0.2) is 0 Å². The number of nitrogens with two attached hydrogens (primary N) is 1. The quantitative estimate of drug-likeness (QED) is 0.877. The molecule has 2 rings (SSSR count). The molecule has 1 fully saturated rings. The van der Waals surface area contributed by atoms with E-state index in [2.05, 4.69) is 25.4 Å². The first-order valence-corrected chi connectivity index (χ1v) is 8.50. The smallest absolute Gasteiger partial charge is 0.268 e. The lowest BCUT2D eigenvalue weighted by Crippen LogP contribution is -2.39. The molecule has 112 valence electrons. The molecule has 20 heavy (non-hydrogen) atoms. The van der Waals surface area contributed by atoms with Gasteiger partial charge in [-0.1, -0.05) is 12.8 Å². The van der Waals surface area contributed by atoms with Crippen LogP contribution in [0.25, 0.3) is 0 Å². The lowest BCUT2D eigenvalue weighted by atomic mass is 10.1. The third-order valence-corrected chi connectivity index (χ3v) is 5.60. The van der Waals surface area contributed by atoms with Gasteiger partial charge in [0.25, 0.3) is 5.91 Å². The second-order valence-electron chi connectivity index (χ2n) is 5.94. The standard InChI is InChI=1S/C15H25N3OS/c1-11(2)18-9-12(16)8-13(18)14(19)17-10-15(20-3)6-4-5-7-15/h8-9,11H,4-7,10,16H2,1-3H3,(H,17,19). The lowest BCUT2D eigenvalue weighted by Gasteiger charge is -2.27. The van der Waals surface area contributed by atoms with Gasteiger partial charge in [-0.15, -0.1) is 0 Å². The molecule has 0 bridgehead atoms. The van der Waals surface area contributed by atoms with E-state index < -0.39 is 0 Å². The molecule has 1 heterocycles. The fourth-order valence-electron chi connectivity index (χ4n) is 2.91. The number of amides is 1.